The van der Waals surface area contributed by atoms with Gasteiger partial charge in [-0.3, -0.25) is 9.59 Å². The van der Waals surface area contributed by atoms with Crippen molar-refractivity contribution in [2.45, 2.75) is 148 Å². The van der Waals surface area contributed by atoms with Gasteiger partial charge in [0.1, 0.15) is 0 Å². The SMILES string of the molecule is CCCCCOP(=S)(OCCCCC)SC(C)CC(=O)O.CCCCCOP(=S)(OCCCCC)SC(CC)CC(=O)O. The molecule has 0 saturated carbocycles. The Morgan fingerprint density at radius 2 is 0.930 bits per heavy atom. The topological polar surface area (TPSA) is 112 Å². The standard InChI is InChI=1S/C15H31O4PS2.C14H29O4PS2/c1-4-7-9-11-18-20(21,19-12-10-8-5-2)22-14(6-3)13-15(16)17;1-4-6-8-10-17-19(20,18-11-9-7-5-2)21-13(3)12-14(15)16/h14H,4-13H2,1-3H3,(H,16,17);13H,4-12H2,1-3H3,(H,15,16). The number of hydrogen-bond donors (Lipinski definition) is 2. The molecule has 2 N–H and O–H groups in total. The van der Waals surface area contributed by atoms with Crippen LogP contribution in [-0.2, 0) is 51.3 Å². The van der Waals surface area contributed by atoms with Gasteiger partial charge >= 0.3 is 11.9 Å². The molecular weight excluding hydrogens is 667 g/mol. The minimum Gasteiger partial charge on any atom is -0.481 e. The summed E-state index contributed by atoms with van der Waals surface area (Å²) in [7, 11) is 0. The number of rotatable bonds is 29. The lowest BCUT2D eigenvalue weighted by molar-refractivity contribution is -0.137. The Hall–Kier alpha value is 0.780. The maximum Gasteiger partial charge on any atom is 0.304 e. The number of hydrogen-bond acceptors (Lipinski definition) is 10. The molecule has 43 heavy (non-hydrogen) atoms. The van der Waals surface area contributed by atoms with E-state index in [2.05, 4.69) is 27.7 Å². The van der Waals surface area contributed by atoms with Crippen LogP contribution >= 0.6 is 34.2 Å². The highest BCUT2D eigenvalue weighted by molar-refractivity contribution is 8.68. The number of unbranched alkanes of at least 4 members (excludes halogenated alkanes) is 8. The van der Waals surface area contributed by atoms with Crippen molar-refractivity contribution in [2.24, 2.45) is 0 Å². The van der Waals surface area contributed by atoms with Gasteiger partial charge in [-0.05, 0) is 55.7 Å². The van der Waals surface area contributed by atoms with Crippen LogP contribution in [-0.4, -0.2) is 59.1 Å². The molecule has 0 aliphatic heterocycles. The largest absolute Gasteiger partial charge is 0.481 e. The maximum atomic E-state index is 10.9. The molecule has 2 atom stereocenters. The van der Waals surface area contributed by atoms with Crippen molar-refractivity contribution < 1.29 is 37.9 Å². The highest BCUT2D eigenvalue weighted by Crippen LogP contribution is 2.64. The summed E-state index contributed by atoms with van der Waals surface area (Å²) >= 11 is 14.0. The molecule has 0 aliphatic rings. The monoisotopic (exact) mass is 726 g/mol. The fourth-order valence-corrected chi connectivity index (χ4v) is 14.9. The van der Waals surface area contributed by atoms with E-state index in [1.807, 2.05) is 13.8 Å². The van der Waals surface area contributed by atoms with E-state index < -0.39 is 23.3 Å². The second kappa shape index (κ2) is 30.1. The second-order valence-electron chi connectivity index (χ2n) is 10.3. The van der Waals surface area contributed by atoms with Crippen LogP contribution < -0.4 is 0 Å². The van der Waals surface area contributed by atoms with Crippen molar-refractivity contribution in [1.29, 1.82) is 0 Å². The number of carboxylic acids is 2. The van der Waals surface area contributed by atoms with Crippen LogP contribution in [0.25, 0.3) is 0 Å². The third-order valence-electron chi connectivity index (χ3n) is 5.90. The van der Waals surface area contributed by atoms with E-state index in [1.165, 1.54) is 22.8 Å². The van der Waals surface area contributed by atoms with E-state index in [0.717, 1.165) is 83.5 Å². The molecule has 0 heterocycles. The van der Waals surface area contributed by atoms with Gasteiger partial charge in [-0.1, -0.05) is 116 Å². The Balaban J connectivity index is 0. The van der Waals surface area contributed by atoms with Crippen LogP contribution in [0.4, 0.5) is 0 Å². The van der Waals surface area contributed by atoms with Gasteiger partial charge in [-0.15, -0.1) is 0 Å². The summed E-state index contributed by atoms with van der Waals surface area (Å²) in [5.74, 6) is -1.61. The first-order valence-electron chi connectivity index (χ1n) is 16.0. The Labute approximate surface area is 281 Å². The van der Waals surface area contributed by atoms with Crippen LogP contribution in [0.1, 0.15) is 138 Å². The third kappa shape index (κ3) is 29.9. The summed E-state index contributed by atoms with van der Waals surface area (Å²) in [6, 6.07) is 0. The average Bonchev–Trinajstić information content (AvgIpc) is 2.93. The molecule has 0 aromatic heterocycles. The van der Waals surface area contributed by atoms with Gasteiger partial charge in [-0.25, -0.2) is 0 Å². The molecule has 258 valence electrons. The predicted octanol–water partition coefficient (Wildman–Crippen LogP) is 10.8. The van der Waals surface area contributed by atoms with Gasteiger partial charge in [0.15, 0.2) is 0 Å². The first-order valence-corrected chi connectivity index (χ1v) is 24.2. The summed E-state index contributed by atoms with van der Waals surface area (Å²) < 4.78 is 23.5. The predicted molar refractivity (Wildman–Crippen MR) is 194 cm³/mol. The number of carboxylic acid groups (broad SMARTS) is 2. The minimum absolute atomic E-state index is 0.0410. The van der Waals surface area contributed by atoms with Gasteiger partial charge in [0.05, 0.1) is 39.3 Å². The lowest BCUT2D eigenvalue weighted by Gasteiger charge is -2.25. The molecule has 0 amide bonds. The Kier molecular flexibility index (Phi) is 32.2. The van der Waals surface area contributed by atoms with Crippen molar-refractivity contribution in [3.05, 3.63) is 0 Å². The summed E-state index contributed by atoms with van der Waals surface area (Å²) in [6.07, 6.45) is 13.8. The lowest BCUT2D eigenvalue weighted by atomic mass is 10.2. The Morgan fingerprint density at radius 3 is 1.21 bits per heavy atom. The molecule has 0 aliphatic carbocycles. The van der Waals surface area contributed by atoms with Gasteiger partial charge in [0.2, 0.25) is 11.4 Å². The summed E-state index contributed by atoms with van der Waals surface area (Å²) in [6.45, 7) is 14.8. The quantitative estimate of drug-likeness (QED) is 0.0565. The lowest BCUT2D eigenvalue weighted by Crippen LogP contribution is -2.10. The van der Waals surface area contributed by atoms with Gasteiger partial charge < -0.3 is 28.3 Å². The van der Waals surface area contributed by atoms with Crippen LogP contribution in [0.15, 0.2) is 0 Å². The van der Waals surface area contributed by atoms with Crippen molar-refractivity contribution >= 4 is 69.7 Å². The van der Waals surface area contributed by atoms with Gasteiger partial charge in [-0.2, -0.15) is 0 Å². The molecule has 8 nitrogen and oxygen atoms in total. The molecule has 0 spiro atoms. The Morgan fingerprint density at radius 1 is 0.605 bits per heavy atom. The maximum absolute atomic E-state index is 10.9. The van der Waals surface area contributed by atoms with Crippen LogP contribution in [0.3, 0.4) is 0 Å². The third-order valence-corrected chi connectivity index (χ3v) is 17.3. The van der Waals surface area contributed by atoms with Crippen LogP contribution in [0, 0.1) is 0 Å². The van der Waals surface area contributed by atoms with Crippen LogP contribution in [0.5, 0.6) is 0 Å². The summed E-state index contributed by atoms with van der Waals surface area (Å²) in [5, 5.41) is 17.7. The van der Waals surface area contributed by atoms with Crippen molar-refractivity contribution in [3.8, 4) is 0 Å². The van der Waals surface area contributed by atoms with E-state index >= 15 is 0 Å². The molecule has 0 radical (unpaired) electrons. The zero-order chi connectivity index (χ0) is 33.0. The number of aliphatic carboxylic acids is 2. The smallest absolute Gasteiger partial charge is 0.304 e. The average molecular weight is 727 g/mol. The highest BCUT2D eigenvalue weighted by atomic mass is 32.9. The molecule has 0 aromatic carbocycles. The fraction of sp³-hybridized carbons (Fsp3) is 0.931. The molecule has 0 rings (SSSR count). The van der Waals surface area contributed by atoms with Crippen molar-refractivity contribution in [2.75, 3.05) is 26.4 Å². The van der Waals surface area contributed by atoms with Crippen molar-refractivity contribution in [1.82, 2.24) is 0 Å². The highest BCUT2D eigenvalue weighted by Gasteiger charge is 2.27. The summed E-state index contributed by atoms with van der Waals surface area (Å²) in [5.41, 5.74) is -4.87. The molecule has 0 saturated heterocycles. The fourth-order valence-electron chi connectivity index (χ4n) is 3.45. The molecule has 0 bridgehead atoms. The first kappa shape index (κ1) is 45.9. The van der Waals surface area contributed by atoms with E-state index in [-0.39, 0.29) is 23.3 Å². The zero-order valence-electron chi connectivity index (χ0n) is 27.5. The molecule has 0 aromatic rings. The van der Waals surface area contributed by atoms with E-state index in [1.54, 1.807) is 0 Å². The van der Waals surface area contributed by atoms with E-state index in [9.17, 15) is 9.59 Å². The number of carbonyl (C=O) groups is 2. The van der Waals surface area contributed by atoms with E-state index in [0.29, 0.717) is 26.4 Å². The molecular formula is C29H60O8P2S4. The van der Waals surface area contributed by atoms with Gasteiger partial charge in [0, 0.05) is 10.5 Å². The van der Waals surface area contributed by atoms with Crippen molar-refractivity contribution in [3.63, 3.8) is 0 Å². The summed E-state index contributed by atoms with van der Waals surface area (Å²) in [4.78, 5) is 21.7. The zero-order valence-corrected chi connectivity index (χ0v) is 32.5. The normalized spacial score (nSPS) is 13.3. The van der Waals surface area contributed by atoms with E-state index in [4.69, 9.17) is 51.9 Å². The minimum atomic E-state index is -2.44. The second-order valence-corrected chi connectivity index (χ2v) is 23.4. The molecule has 14 heteroatoms. The molecule has 2 unspecified atom stereocenters. The first-order chi connectivity index (χ1) is 20.4. The Bertz CT molecular complexity index is 760. The molecule has 0 fully saturated rings. The van der Waals surface area contributed by atoms with Gasteiger partial charge in [0.25, 0.3) is 0 Å². The van der Waals surface area contributed by atoms with Crippen LogP contribution in [0.2, 0.25) is 0 Å².